The molecule has 0 heterocycles. The minimum Gasteiger partial charge on any atom is -0.507 e. The zero-order valence-corrected chi connectivity index (χ0v) is 10.9. The van der Waals surface area contributed by atoms with Gasteiger partial charge in [-0.15, -0.1) is 0 Å². The van der Waals surface area contributed by atoms with E-state index in [2.05, 4.69) is 6.92 Å². The number of Topliss-reactive ketones (excluding diaryl/α,β-unsaturated/α-hetero) is 1. The number of aryl methyl sites for hydroxylation is 1. The Hall–Kier alpha value is -1.83. The molecule has 2 rings (SSSR count). The monoisotopic (exact) mass is 242 g/mol. The average molecular weight is 242 g/mol. The molecule has 0 saturated heterocycles. The summed E-state index contributed by atoms with van der Waals surface area (Å²) in [6.07, 6.45) is 2.50. The molecule has 0 fully saturated rings. The molecule has 2 aromatic rings. The predicted molar refractivity (Wildman–Crippen MR) is 74.2 cm³/mol. The summed E-state index contributed by atoms with van der Waals surface area (Å²) in [5.41, 5.74) is 1.61. The predicted octanol–water partition coefficient (Wildman–Crippen LogP) is 4.23. The molecule has 0 aromatic heterocycles. The largest absolute Gasteiger partial charge is 0.507 e. The third-order valence-corrected chi connectivity index (χ3v) is 3.26. The Kier molecular flexibility index (Phi) is 3.66. The van der Waals surface area contributed by atoms with E-state index >= 15 is 0 Å². The standard InChI is InChI=1S/C16H18O2/c1-3-4-9-14(17)16-11(2)10-15(18)12-7-5-6-8-13(12)16/h5-8,10,18H,3-4,9H2,1-2H3. The van der Waals surface area contributed by atoms with Crippen LogP contribution in [0.25, 0.3) is 10.8 Å². The number of hydrogen-bond donors (Lipinski definition) is 1. The number of carbonyl (C=O) groups excluding carboxylic acids is 1. The van der Waals surface area contributed by atoms with Gasteiger partial charge in [0, 0.05) is 17.4 Å². The van der Waals surface area contributed by atoms with Gasteiger partial charge in [0.05, 0.1) is 0 Å². The summed E-state index contributed by atoms with van der Waals surface area (Å²) in [6, 6.07) is 9.21. The minimum absolute atomic E-state index is 0.172. The lowest BCUT2D eigenvalue weighted by Gasteiger charge is -2.11. The molecule has 1 N–H and O–H groups in total. The van der Waals surface area contributed by atoms with E-state index in [1.807, 2.05) is 31.2 Å². The number of hydrogen-bond acceptors (Lipinski definition) is 2. The van der Waals surface area contributed by atoms with Gasteiger partial charge in [-0.05, 0) is 30.4 Å². The molecule has 0 aliphatic carbocycles. The number of unbranched alkanes of at least 4 members (excludes halogenated alkanes) is 1. The number of carbonyl (C=O) groups is 1. The molecule has 0 aliphatic heterocycles. The second-order valence-corrected chi connectivity index (χ2v) is 4.66. The van der Waals surface area contributed by atoms with E-state index in [1.54, 1.807) is 6.07 Å². The molecule has 0 unspecified atom stereocenters. The molecule has 0 radical (unpaired) electrons. The number of rotatable bonds is 4. The molecule has 0 bridgehead atoms. The van der Waals surface area contributed by atoms with Crippen LogP contribution in [0.1, 0.15) is 42.1 Å². The summed E-state index contributed by atoms with van der Waals surface area (Å²) in [7, 11) is 0. The van der Waals surface area contributed by atoms with Gasteiger partial charge in [0.25, 0.3) is 0 Å². The van der Waals surface area contributed by atoms with Crippen LogP contribution in [0.2, 0.25) is 0 Å². The summed E-state index contributed by atoms with van der Waals surface area (Å²) < 4.78 is 0. The molecule has 2 aromatic carbocycles. The molecule has 94 valence electrons. The fourth-order valence-electron chi connectivity index (χ4n) is 2.32. The van der Waals surface area contributed by atoms with Crippen LogP contribution in [-0.4, -0.2) is 10.9 Å². The van der Waals surface area contributed by atoms with Gasteiger partial charge in [0.1, 0.15) is 5.75 Å². The van der Waals surface area contributed by atoms with Crippen LogP contribution in [0.15, 0.2) is 30.3 Å². The number of aromatic hydroxyl groups is 1. The minimum atomic E-state index is 0.172. The molecule has 0 amide bonds. The van der Waals surface area contributed by atoms with Gasteiger partial charge in [-0.25, -0.2) is 0 Å². The average Bonchev–Trinajstić information content (AvgIpc) is 2.36. The third kappa shape index (κ3) is 2.23. The summed E-state index contributed by atoms with van der Waals surface area (Å²) in [5.74, 6) is 0.417. The first-order chi connectivity index (χ1) is 8.65. The zero-order valence-electron chi connectivity index (χ0n) is 10.9. The molecule has 18 heavy (non-hydrogen) atoms. The van der Waals surface area contributed by atoms with Crippen molar-refractivity contribution in [3.63, 3.8) is 0 Å². The maximum atomic E-state index is 12.3. The van der Waals surface area contributed by atoms with Crippen molar-refractivity contribution in [3.05, 3.63) is 41.5 Å². The SMILES string of the molecule is CCCCC(=O)c1c(C)cc(O)c2ccccc12. The molecular weight excluding hydrogens is 224 g/mol. The Morgan fingerprint density at radius 2 is 1.89 bits per heavy atom. The number of phenols is 1. The van der Waals surface area contributed by atoms with Crippen molar-refractivity contribution in [2.45, 2.75) is 33.1 Å². The highest BCUT2D eigenvalue weighted by atomic mass is 16.3. The van der Waals surface area contributed by atoms with Gasteiger partial charge in [0.15, 0.2) is 5.78 Å². The molecule has 0 spiro atoms. The van der Waals surface area contributed by atoms with Gasteiger partial charge in [-0.1, -0.05) is 37.6 Å². The molecule has 2 heteroatoms. The highest BCUT2D eigenvalue weighted by molar-refractivity contribution is 6.10. The van der Waals surface area contributed by atoms with Gasteiger partial charge < -0.3 is 5.11 Å². The summed E-state index contributed by atoms with van der Waals surface area (Å²) in [5, 5.41) is 11.5. The van der Waals surface area contributed by atoms with E-state index in [-0.39, 0.29) is 11.5 Å². The fraction of sp³-hybridized carbons (Fsp3) is 0.312. The number of fused-ring (bicyclic) bond motifs is 1. The van der Waals surface area contributed by atoms with Crippen molar-refractivity contribution in [1.29, 1.82) is 0 Å². The van der Waals surface area contributed by atoms with E-state index in [0.29, 0.717) is 6.42 Å². The van der Waals surface area contributed by atoms with Gasteiger partial charge in [-0.3, -0.25) is 4.79 Å². The topological polar surface area (TPSA) is 37.3 Å². The lowest BCUT2D eigenvalue weighted by Crippen LogP contribution is -2.03. The quantitative estimate of drug-likeness (QED) is 0.815. The van der Waals surface area contributed by atoms with Crippen LogP contribution in [0.4, 0.5) is 0 Å². The highest BCUT2D eigenvalue weighted by Crippen LogP contribution is 2.31. The van der Waals surface area contributed by atoms with E-state index in [0.717, 1.165) is 34.7 Å². The Labute approximate surface area is 107 Å². The van der Waals surface area contributed by atoms with Crippen LogP contribution in [-0.2, 0) is 0 Å². The van der Waals surface area contributed by atoms with Crippen LogP contribution < -0.4 is 0 Å². The maximum Gasteiger partial charge on any atom is 0.163 e. The number of phenolic OH excluding ortho intramolecular Hbond substituents is 1. The Bertz CT molecular complexity index is 585. The smallest absolute Gasteiger partial charge is 0.163 e. The van der Waals surface area contributed by atoms with Gasteiger partial charge in [-0.2, -0.15) is 0 Å². The normalized spacial score (nSPS) is 10.8. The molecule has 0 atom stereocenters. The van der Waals surface area contributed by atoms with Gasteiger partial charge >= 0.3 is 0 Å². The van der Waals surface area contributed by atoms with E-state index in [4.69, 9.17) is 0 Å². The van der Waals surface area contributed by atoms with Crippen molar-refractivity contribution in [1.82, 2.24) is 0 Å². The summed E-state index contributed by atoms with van der Waals surface area (Å²) >= 11 is 0. The lowest BCUT2D eigenvalue weighted by molar-refractivity contribution is 0.0981. The fourth-order valence-corrected chi connectivity index (χ4v) is 2.32. The summed E-state index contributed by atoms with van der Waals surface area (Å²) in [6.45, 7) is 3.96. The van der Waals surface area contributed by atoms with Crippen molar-refractivity contribution in [3.8, 4) is 5.75 Å². The van der Waals surface area contributed by atoms with Crippen LogP contribution >= 0.6 is 0 Å². The Morgan fingerprint density at radius 3 is 2.56 bits per heavy atom. The van der Waals surface area contributed by atoms with Crippen molar-refractivity contribution < 1.29 is 9.90 Å². The zero-order chi connectivity index (χ0) is 13.1. The number of ketones is 1. The third-order valence-electron chi connectivity index (χ3n) is 3.26. The van der Waals surface area contributed by atoms with Crippen LogP contribution in [0.3, 0.4) is 0 Å². The van der Waals surface area contributed by atoms with E-state index in [1.165, 1.54) is 0 Å². The molecule has 0 saturated carbocycles. The van der Waals surface area contributed by atoms with E-state index < -0.39 is 0 Å². The molecular formula is C16H18O2. The maximum absolute atomic E-state index is 12.3. The molecule has 0 aliphatic rings. The first kappa shape index (κ1) is 12.6. The summed E-state index contributed by atoms with van der Waals surface area (Å²) in [4.78, 5) is 12.3. The Morgan fingerprint density at radius 1 is 1.22 bits per heavy atom. The first-order valence-corrected chi connectivity index (χ1v) is 6.39. The highest BCUT2D eigenvalue weighted by Gasteiger charge is 2.14. The van der Waals surface area contributed by atoms with Crippen molar-refractivity contribution >= 4 is 16.6 Å². The second-order valence-electron chi connectivity index (χ2n) is 4.66. The second kappa shape index (κ2) is 5.21. The lowest BCUT2D eigenvalue weighted by atomic mass is 9.94. The van der Waals surface area contributed by atoms with Crippen molar-refractivity contribution in [2.75, 3.05) is 0 Å². The number of benzene rings is 2. The first-order valence-electron chi connectivity index (χ1n) is 6.39. The molecule has 2 nitrogen and oxygen atoms in total. The van der Waals surface area contributed by atoms with E-state index in [9.17, 15) is 9.90 Å². The van der Waals surface area contributed by atoms with Crippen LogP contribution in [0, 0.1) is 6.92 Å². The Balaban J connectivity index is 2.59. The van der Waals surface area contributed by atoms with Crippen molar-refractivity contribution in [2.24, 2.45) is 0 Å². The van der Waals surface area contributed by atoms with Crippen LogP contribution in [0.5, 0.6) is 5.75 Å². The van der Waals surface area contributed by atoms with Gasteiger partial charge in [0.2, 0.25) is 0 Å².